The summed E-state index contributed by atoms with van der Waals surface area (Å²) in [4.78, 5) is 44.9. The second kappa shape index (κ2) is 12.6. The van der Waals surface area contributed by atoms with Gasteiger partial charge in [-0.25, -0.2) is 4.79 Å². The Morgan fingerprint density at radius 2 is 1.71 bits per heavy atom. The first-order valence-corrected chi connectivity index (χ1v) is 15.7. The zero-order valence-electron chi connectivity index (χ0n) is 26.4. The second-order valence-corrected chi connectivity index (χ2v) is 13.4. The summed E-state index contributed by atoms with van der Waals surface area (Å²) in [6.45, 7) is 7.87. The Labute approximate surface area is 274 Å². The molecule has 0 N–H and O–H groups in total. The molecule has 5 rings (SSSR count). The highest BCUT2D eigenvalue weighted by Crippen LogP contribution is 2.50. The molecule has 3 aromatic rings. The van der Waals surface area contributed by atoms with E-state index in [0.717, 1.165) is 18.4 Å². The number of carbonyl (C=O) groups excluding carboxylic acids is 3. The minimum Gasteiger partial charge on any atom is -0.497 e. The lowest BCUT2D eigenvalue weighted by atomic mass is 9.76. The van der Waals surface area contributed by atoms with Gasteiger partial charge in [0.25, 0.3) is 5.91 Å². The number of likely N-dealkylation sites (tertiary alicyclic amines) is 1. The average molecular weight is 654 g/mol. The van der Waals surface area contributed by atoms with Crippen LogP contribution in [0.5, 0.6) is 11.5 Å². The number of ether oxygens (including phenoxy) is 3. The summed E-state index contributed by atoms with van der Waals surface area (Å²) in [5.74, 6) is 0.252. The van der Waals surface area contributed by atoms with E-state index in [2.05, 4.69) is 0 Å². The van der Waals surface area contributed by atoms with E-state index in [0.29, 0.717) is 56.9 Å². The van der Waals surface area contributed by atoms with Crippen molar-refractivity contribution < 1.29 is 28.6 Å². The van der Waals surface area contributed by atoms with Gasteiger partial charge in [-0.15, -0.1) is 0 Å². The predicted octanol–water partition coefficient (Wildman–Crippen LogP) is 7.20. The molecule has 0 bridgehead atoms. The first-order chi connectivity index (χ1) is 21.3. The number of esters is 1. The Kier molecular flexibility index (Phi) is 9.11. The van der Waals surface area contributed by atoms with E-state index in [1.165, 1.54) is 0 Å². The maximum atomic E-state index is 14.5. The summed E-state index contributed by atoms with van der Waals surface area (Å²) >= 11 is 13.3. The Balaban J connectivity index is 1.54. The predicted molar refractivity (Wildman–Crippen MR) is 175 cm³/mol. The van der Waals surface area contributed by atoms with Gasteiger partial charge in [-0.05, 0) is 107 Å². The minimum atomic E-state index is -1.26. The highest BCUT2D eigenvalue weighted by Gasteiger charge is 2.50. The second-order valence-electron chi connectivity index (χ2n) is 12.6. The molecule has 1 fully saturated rings. The lowest BCUT2D eigenvalue weighted by Gasteiger charge is -2.36. The van der Waals surface area contributed by atoms with Crippen molar-refractivity contribution in [3.8, 4) is 11.5 Å². The summed E-state index contributed by atoms with van der Waals surface area (Å²) in [7, 11) is 3.15. The van der Waals surface area contributed by atoms with Crippen LogP contribution in [0.15, 0.2) is 54.6 Å². The van der Waals surface area contributed by atoms with Crippen LogP contribution >= 0.6 is 23.2 Å². The average Bonchev–Trinajstić information content (AvgIpc) is 3.21. The zero-order valence-corrected chi connectivity index (χ0v) is 27.9. The first-order valence-electron chi connectivity index (χ1n) is 14.9. The van der Waals surface area contributed by atoms with E-state index >= 15 is 0 Å². The Hall–Kier alpha value is -3.75. The number of anilines is 1. The van der Waals surface area contributed by atoms with E-state index in [9.17, 15) is 14.4 Å². The largest absolute Gasteiger partial charge is 0.497 e. The highest BCUT2D eigenvalue weighted by molar-refractivity contribution is 6.33. The maximum Gasteiger partial charge on any atom is 0.329 e. The van der Waals surface area contributed by atoms with Gasteiger partial charge in [-0.1, -0.05) is 23.2 Å². The Morgan fingerprint density at radius 1 is 0.956 bits per heavy atom. The van der Waals surface area contributed by atoms with Crippen LogP contribution in [0, 0.1) is 0 Å². The summed E-state index contributed by atoms with van der Waals surface area (Å²) in [5.41, 5.74) is 0.994. The fourth-order valence-corrected chi connectivity index (χ4v) is 6.68. The summed E-state index contributed by atoms with van der Waals surface area (Å²) < 4.78 is 16.6. The molecule has 238 valence electrons. The van der Waals surface area contributed by atoms with Gasteiger partial charge in [-0.2, -0.15) is 0 Å². The third kappa shape index (κ3) is 6.23. The molecular formula is C35H38Cl2N2O6. The van der Waals surface area contributed by atoms with Crippen LogP contribution < -0.4 is 14.4 Å². The third-order valence-corrected chi connectivity index (χ3v) is 9.04. The monoisotopic (exact) mass is 652 g/mol. The number of fused-ring (bicyclic) bond motifs is 1. The van der Waals surface area contributed by atoms with Gasteiger partial charge in [-0.3, -0.25) is 9.59 Å². The molecule has 8 nitrogen and oxygen atoms in total. The number of nitrogens with zero attached hydrogens (tertiary/aromatic N) is 2. The van der Waals surface area contributed by atoms with Crippen LogP contribution in [-0.2, 0) is 26.3 Å². The zero-order chi connectivity index (χ0) is 32.7. The SMILES string of the molecule is COc1ccc(CN2C(=O)C(C)(c3cc(C(=O)N4CCCCC4C(=O)OC(C)(C)C)ccc3Cl)c3cc(Cl)ccc32)c(OC)c1. The van der Waals surface area contributed by atoms with E-state index < -0.39 is 23.0 Å². The smallest absolute Gasteiger partial charge is 0.329 e. The number of carbonyl (C=O) groups is 3. The first kappa shape index (κ1) is 32.6. The van der Waals surface area contributed by atoms with Gasteiger partial charge in [0.1, 0.15) is 28.6 Å². The van der Waals surface area contributed by atoms with Crippen molar-refractivity contribution in [1.29, 1.82) is 0 Å². The van der Waals surface area contributed by atoms with Crippen molar-refractivity contribution >= 4 is 46.7 Å². The standard InChI is InChI=1S/C35H38Cl2N2O6/c1-34(2,3)45-32(41)29-9-7-8-16-38(29)31(40)21-11-14-27(37)25(17-21)35(4)26-18-23(36)12-15-28(26)39(33(35)42)20-22-10-13-24(43-5)19-30(22)44-6/h10-15,17-19,29H,7-9,16,20H2,1-6H3. The number of piperidine rings is 1. The van der Waals surface area contributed by atoms with Crippen LogP contribution in [0.1, 0.15) is 74.0 Å². The molecule has 0 aliphatic carbocycles. The fourth-order valence-electron chi connectivity index (χ4n) is 6.21. The van der Waals surface area contributed by atoms with Crippen molar-refractivity contribution in [2.75, 3.05) is 25.7 Å². The normalized spacial score (nSPS) is 19.7. The molecule has 1 saturated heterocycles. The van der Waals surface area contributed by atoms with Crippen molar-refractivity contribution in [3.05, 3.63) is 86.9 Å². The summed E-state index contributed by atoms with van der Waals surface area (Å²) in [6, 6.07) is 15.0. The fraction of sp³-hybridized carbons (Fsp3) is 0.400. The van der Waals surface area contributed by atoms with Gasteiger partial charge in [0.05, 0.1) is 20.8 Å². The maximum absolute atomic E-state index is 14.5. The van der Waals surface area contributed by atoms with E-state index in [1.54, 1.807) is 67.3 Å². The topological polar surface area (TPSA) is 85.4 Å². The van der Waals surface area contributed by atoms with Crippen LogP contribution in [0.25, 0.3) is 0 Å². The van der Waals surface area contributed by atoms with Crippen molar-refractivity contribution in [2.24, 2.45) is 0 Å². The van der Waals surface area contributed by atoms with E-state index in [1.807, 2.05) is 39.0 Å². The number of methoxy groups -OCH3 is 2. The third-order valence-electron chi connectivity index (χ3n) is 8.48. The van der Waals surface area contributed by atoms with Crippen LogP contribution in [0.4, 0.5) is 5.69 Å². The number of amides is 2. The Bertz CT molecular complexity index is 1650. The van der Waals surface area contributed by atoms with Crippen molar-refractivity contribution in [1.82, 2.24) is 4.90 Å². The molecule has 3 aromatic carbocycles. The molecule has 0 spiro atoms. The van der Waals surface area contributed by atoms with Gasteiger partial charge in [0.15, 0.2) is 0 Å². The van der Waals surface area contributed by atoms with E-state index in [-0.39, 0.29) is 18.4 Å². The molecule has 10 heteroatoms. The molecule has 0 radical (unpaired) electrons. The summed E-state index contributed by atoms with van der Waals surface area (Å²) in [6.07, 6.45) is 2.11. The molecule has 45 heavy (non-hydrogen) atoms. The molecule has 2 heterocycles. The number of benzene rings is 3. The Morgan fingerprint density at radius 3 is 2.40 bits per heavy atom. The molecule has 2 unspecified atom stereocenters. The number of halogens is 2. The molecule has 2 aliphatic heterocycles. The van der Waals surface area contributed by atoms with Crippen molar-refractivity contribution in [2.45, 2.75) is 70.6 Å². The molecule has 0 saturated carbocycles. The van der Waals surface area contributed by atoms with Gasteiger partial charge < -0.3 is 24.0 Å². The van der Waals surface area contributed by atoms with Crippen molar-refractivity contribution in [3.63, 3.8) is 0 Å². The van der Waals surface area contributed by atoms with Crippen LogP contribution in [0.2, 0.25) is 10.0 Å². The number of rotatable bonds is 7. The molecule has 2 atom stereocenters. The highest BCUT2D eigenvalue weighted by atomic mass is 35.5. The summed E-state index contributed by atoms with van der Waals surface area (Å²) in [5, 5.41) is 0.799. The molecule has 2 aliphatic rings. The number of hydrogen-bond donors (Lipinski definition) is 0. The van der Waals surface area contributed by atoms with Crippen LogP contribution in [-0.4, -0.2) is 55.1 Å². The number of hydrogen-bond acceptors (Lipinski definition) is 6. The van der Waals surface area contributed by atoms with Gasteiger partial charge in [0, 0.05) is 39.5 Å². The van der Waals surface area contributed by atoms with Gasteiger partial charge >= 0.3 is 5.97 Å². The molecule has 0 aromatic heterocycles. The molecular weight excluding hydrogens is 615 g/mol. The van der Waals surface area contributed by atoms with Gasteiger partial charge in [0.2, 0.25) is 5.91 Å². The van der Waals surface area contributed by atoms with E-state index in [4.69, 9.17) is 37.4 Å². The molecule has 2 amide bonds. The lowest BCUT2D eigenvalue weighted by Crippen LogP contribution is -2.50. The van der Waals surface area contributed by atoms with Crippen LogP contribution in [0.3, 0.4) is 0 Å². The quantitative estimate of drug-likeness (QED) is 0.251. The minimum absolute atomic E-state index is 0.220. The lowest BCUT2D eigenvalue weighted by molar-refractivity contribution is -0.161.